The zero-order valence-electron chi connectivity index (χ0n) is 7.87. The van der Waals surface area contributed by atoms with Crippen molar-refractivity contribution in [1.29, 1.82) is 5.26 Å². The number of hydrogen-bond acceptors (Lipinski definition) is 2. The van der Waals surface area contributed by atoms with Crippen LogP contribution in [0.3, 0.4) is 0 Å². The smallest absolute Gasteiger partial charge is 0.269 e. The third-order valence-electron chi connectivity index (χ3n) is 1.94. The predicted octanol–water partition coefficient (Wildman–Crippen LogP) is 1.21. The van der Waals surface area contributed by atoms with E-state index in [9.17, 15) is 4.79 Å². The Morgan fingerprint density at radius 1 is 1.69 bits per heavy atom. The van der Waals surface area contributed by atoms with Crippen LogP contribution in [-0.4, -0.2) is 9.78 Å². The minimum atomic E-state index is -0.00903. The van der Waals surface area contributed by atoms with Gasteiger partial charge in [-0.15, -0.1) is 0 Å². The van der Waals surface area contributed by atoms with Gasteiger partial charge in [0.2, 0.25) is 0 Å². The minimum absolute atomic E-state index is 0.00903. The van der Waals surface area contributed by atoms with Gasteiger partial charge in [0.25, 0.3) is 5.56 Å². The highest BCUT2D eigenvalue weighted by Gasteiger charge is 2.08. The SMILES string of the molecule is CC(C)c1c[nH]n(CCC#N)c1=O. The van der Waals surface area contributed by atoms with Crippen LogP contribution in [0, 0.1) is 11.3 Å². The molecule has 0 aliphatic carbocycles. The van der Waals surface area contributed by atoms with Crippen molar-refractivity contribution in [1.82, 2.24) is 9.78 Å². The van der Waals surface area contributed by atoms with Crippen LogP contribution in [0.5, 0.6) is 0 Å². The molecule has 0 saturated heterocycles. The maximum atomic E-state index is 11.5. The van der Waals surface area contributed by atoms with E-state index in [4.69, 9.17) is 5.26 Å². The molecule has 0 atom stereocenters. The monoisotopic (exact) mass is 179 g/mol. The summed E-state index contributed by atoms with van der Waals surface area (Å²) in [6.45, 7) is 4.39. The average molecular weight is 179 g/mol. The third-order valence-corrected chi connectivity index (χ3v) is 1.94. The molecule has 0 spiro atoms. The van der Waals surface area contributed by atoms with Crippen molar-refractivity contribution in [2.24, 2.45) is 0 Å². The van der Waals surface area contributed by atoms with Gasteiger partial charge >= 0.3 is 0 Å². The lowest BCUT2D eigenvalue weighted by atomic mass is 10.1. The van der Waals surface area contributed by atoms with E-state index in [0.717, 1.165) is 5.56 Å². The summed E-state index contributed by atoms with van der Waals surface area (Å²) >= 11 is 0. The lowest BCUT2D eigenvalue weighted by molar-refractivity contribution is 0.606. The summed E-state index contributed by atoms with van der Waals surface area (Å²) in [4.78, 5) is 11.5. The Balaban J connectivity index is 2.88. The van der Waals surface area contributed by atoms with Gasteiger partial charge in [-0.05, 0) is 5.92 Å². The van der Waals surface area contributed by atoms with Gasteiger partial charge in [-0.25, -0.2) is 0 Å². The molecule has 70 valence electrons. The van der Waals surface area contributed by atoms with Crippen molar-refractivity contribution in [3.05, 3.63) is 22.1 Å². The first-order valence-corrected chi connectivity index (χ1v) is 4.32. The number of nitriles is 1. The maximum Gasteiger partial charge on any atom is 0.269 e. The predicted molar refractivity (Wildman–Crippen MR) is 49.4 cm³/mol. The van der Waals surface area contributed by atoms with Crippen molar-refractivity contribution in [2.75, 3.05) is 0 Å². The molecule has 4 heteroatoms. The number of aromatic nitrogens is 2. The van der Waals surface area contributed by atoms with E-state index in [1.165, 1.54) is 4.68 Å². The number of rotatable bonds is 3. The molecule has 1 rings (SSSR count). The van der Waals surface area contributed by atoms with Crippen LogP contribution in [-0.2, 0) is 6.54 Å². The van der Waals surface area contributed by atoms with E-state index in [-0.39, 0.29) is 11.5 Å². The van der Waals surface area contributed by atoms with Crippen molar-refractivity contribution < 1.29 is 0 Å². The van der Waals surface area contributed by atoms with Gasteiger partial charge in [0, 0.05) is 11.8 Å². The second-order valence-electron chi connectivity index (χ2n) is 3.25. The Morgan fingerprint density at radius 2 is 2.38 bits per heavy atom. The second-order valence-corrected chi connectivity index (χ2v) is 3.25. The first-order chi connectivity index (χ1) is 6.16. The number of H-pyrrole nitrogens is 1. The van der Waals surface area contributed by atoms with Crippen LogP contribution in [0.4, 0.5) is 0 Å². The fourth-order valence-corrected chi connectivity index (χ4v) is 1.17. The summed E-state index contributed by atoms with van der Waals surface area (Å²) in [6.07, 6.45) is 2.07. The molecule has 0 radical (unpaired) electrons. The molecule has 0 amide bonds. The van der Waals surface area contributed by atoms with E-state index >= 15 is 0 Å². The maximum absolute atomic E-state index is 11.5. The highest BCUT2D eigenvalue weighted by molar-refractivity contribution is 5.09. The normalized spacial score (nSPS) is 10.3. The molecular formula is C9H13N3O. The van der Waals surface area contributed by atoms with Gasteiger partial charge < -0.3 is 5.10 Å². The molecule has 0 unspecified atom stereocenters. The zero-order chi connectivity index (χ0) is 9.84. The molecule has 0 aliphatic rings. The molecular weight excluding hydrogens is 166 g/mol. The molecule has 1 heterocycles. The molecule has 0 fully saturated rings. The van der Waals surface area contributed by atoms with Crippen LogP contribution in [0.2, 0.25) is 0 Å². The van der Waals surface area contributed by atoms with Crippen LogP contribution >= 0.6 is 0 Å². The molecule has 0 bridgehead atoms. The molecule has 13 heavy (non-hydrogen) atoms. The molecule has 4 nitrogen and oxygen atoms in total. The van der Waals surface area contributed by atoms with E-state index in [1.54, 1.807) is 6.20 Å². The van der Waals surface area contributed by atoms with Crippen molar-refractivity contribution in [3.63, 3.8) is 0 Å². The largest absolute Gasteiger partial charge is 0.303 e. The second kappa shape index (κ2) is 3.94. The van der Waals surface area contributed by atoms with Gasteiger partial charge in [-0.3, -0.25) is 9.48 Å². The highest BCUT2D eigenvalue weighted by Crippen LogP contribution is 2.07. The fraction of sp³-hybridized carbons (Fsp3) is 0.556. The Hall–Kier alpha value is -1.50. The number of aromatic amines is 1. The number of aryl methyl sites for hydroxylation is 1. The molecule has 0 aliphatic heterocycles. The van der Waals surface area contributed by atoms with Gasteiger partial charge in [0.05, 0.1) is 19.0 Å². The van der Waals surface area contributed by atoms with E-state index in [2.05, 4.69) is 5.10 Å². The summed E-state index contributed by atoms with van der Waals surface area (Å²) in [5, 5.41) is 11.2. The summed E-state index contributed by atoms with van der Waals surface area (Å²) in [7, 11) is 0. The first kappa shape index (κ1) is 9.59. The molecule has 1 N–H and O–H groups in total. The van der Waals surface area contributed by atoms with E-state index in [1.807, 2.05) is 19.9 Å². The summed E-state index contributed by atoms with van der Waals surface area (Å²) < 4.78 is 1.47. The van der Waals surface area contributed by atoms with Crippen molar-refractivity contribution in [2.45, 2.75) is 32.7 Å². The molecule has 1 aromatic rings. The van der Waals surface area contributed by atoms with Crippen LogP contribution < -0.4 is 5.56 Å². The Morgan fingerprint density at radius 3 is 2.85 bits per heavy atom. The van der Waals surface area contributed by atoms with Crippen LogP contribution in [0.1, 0.15) is 31.7 Å². The summed E-state index contributed by atoms with van der Waals surface area (Å²) in [5.41, 5.74) is 0.767. The third kappa shape index (κ3) is 2.00. The van der Waals surface area contributed by atoms with E-state index in [0.29, 0.717) is 13.0 Å². The Bertz CT molecular complexity index is 367. The lowest BCUT2D eigenvalue weighted by Crippen LogP contribution is -2.19. The number of nitrogens with one attached hydrogen (secondary N) is 1. The van der Waals surface area contributed by atoms with E-state index < -0.39 is 0 Å². The first-order valence-electron chi connectivity index (χ1n) is 4.32. The Kier molecular flexibility index (Phi) is 2.91. The van der Waals surface area contributed by atoms with Gasteiger partial charge in [0.1, 0.15) is 0 Å². The average Bonchev–Trinajstić information content (AvgIpc) is 2.43. The van der Waals surface area contributed by atoms with Gasteiger partial charge in [-0.1, -0.05) is 13.8 Å². The number of hydrogen-bond donors (Lipinski definition) is 1. The quantitative estimate of drug-likeness (QED) is 0.758. The van der Waals surface area contributed by atoms with Crippen molar-refractivity contribution in [3.8, 4) is 6.07 Å². The topological polar surface area (TPSA) is 61.6 Å². The standard InChI is InChI=1S/C9H13N3O/c1-7(2)8-6-11-12(9(8)13)5-3-4-10/h6-7,11H,3,5H2,1-2H3. The minimum Gasteiger partial charge on any atom is -0.303 e. The molecule has 0 aromatic carbocycles. The van der Waals surface area contributed by atoms with Crippen LogP contribution in [0.25, 0.3) is 0 Å². The van der Waals surface area contributed by atoms with Crippen LogP contribution in [0.15, 0.2) is 11.0 Å². The van der Waals surface area contributed by atoms with Gasteiger partial charge in [-0.2, -0.15) is 5.26 Å². The molecule has 1 aromatic heterocycles. The molecule has 0 saturated carbocycles. The fourth-order valence-electron chi connectivity index (χ4n) is 1.17. The van der Waals surface area contributed by atoms with Crippen molar-refractivity contribution >= 4 is 0 Å². The highest BCUT2D eigenvalue weighted by atomic mass is 16.1. The Labute approximate surface area is 76.8 Å². The lowest BCUT2D eigenvalue weighted by Gasteiger charge is -1.97. The zero-order valence-corrected chi connectivity index (χ0v) is 7.87. The number of nitrogens with zero attached hydrogens (tertiary/aromatic N) is 2. The summed E-state index contributed by atoms with van der Waals surface area (Å²) in [6, 6.07) is 2.00. The van der Waals surface area contributed by atoms with Gasteiger partial charge in [0.15, 0.2) is 0 Å². The summed E-state index contributed by atoms with van der Waals surface area (Å²) in [5.74, 6) is 0.229.